The largest absolute Gasteiger partial charge is 0.377 e. The van der Waals surface area contributed by atoms with E-state index in [1.165, 1.54) is 0 Å². The second kappa shape index (κ2) is 10.3. The summed E-state index contributed by atoms with van der Waals surface area (Å²) < 4.78 is 13.1. The van der Waals surface area contributed by atoms with E-state index < -0.39 is 0 Å². The Morgan fingerprint density at radius 2 is 2.16 bits per heavy atom. The summed E-state index contributed by atoms with van der Waals surface area (Å²) in [5.74, 6) is 2.44. The van der Waals surface area contributed by atoms with Gasteiger partial charge in [0, 0.05) is 33.9 Å². The van der Waals surface area contributed by atoms with Crippen LogP contribution in [0.5, 0.6) is 0 Å². The molecule has 2 heterocycles. The van der Waals surface area contributed by atoms with Gasteiger partial charge in [0.2, 0.25) is 0 Å². The summed E-state index contributed by atoms with van der Waals surface area (Å²) in [5.41, 5.74) is -0.270. The van der Waals surface area contributed by atoms with Gasteiger partial charge >= 0.3 is 0 Å². The van der Waals surface area contributed by atoms with Gasteiger partial charge in [-0.25, -0.2) is 4.99 Å². The minimum atomic E-state index is -0.270. The van der Waals surface area contributed by atoms with Gasteiger partial charge < -0.3 is 24.7 Å². The first-order chi connectivity index (χ1) is 11.4. The van der Waals surface area contributed by atoms with E-state index in [4.69, 9.17) is 9.47 Å². The minimum Gasteiger partial charge on any atom is -0.377 e. The molecule has 0 radical (unpaired) electrons. The van der Waals surface area contributed by atoms with Crippen molar-refractivity contribution in [1.82, 2.24) is 25.4 Å². The lowest BCUT2D eigenvalue weighted by molar-refractivity contribution is 0.0267. The molecule has 1 atom stereocenters. The molecular weight excluding hydrogens is 435 g/mol. The molecule has 1 aliphatic heterocycles. The topological polar surface area (TPSA) is 85.6 Å². The zero-order valence-corrected chi connectivity index (χ0v) is 18.2. The van der Waals surface area contributed by atoms with Gasteiger partial charge in [-0.15, -0.1) is 34.2 Å². The Kier molecular flexibility index (Phi) is 9.08. The van der Waals surface area contributed by atoms with Crippen LogP contribution in [0.15, 0.2) is 4.99 Å². The highest BCUT2D eigenvalue weighted by Gasteiger charge is 2.19. The lowest BCUT2D eigenvalue weighted by Gasteiger charge is -2.25. The molecule has 144 valence electrons. The van der Waals surface area contributed by atoms with Crippen molar-refractivity contribution in [2.75, 3.05) is 26.8 Å². The fourth-order valence-electron chi connectivity index (χ4n) is 2.30. The van der Waals surface area contributed by atoms with Crippen molar-refractivity contribution in [2.45, 2.75) is 51.9 Å². The number of hydrogen-bond acceptors (Lipinski definition) is 5. The molecule has 2 rings (SSSR count). The van der Waals surface area contributed by atoms with Crippen LogP contribution in [0, 0.1) is 6.92 Å². The Morgan fingerprint density at radius 3 is 2.72 bits per heavy atom. The molecule has 1 unspecified atom stereocenters. The van der Waals surface area contributed by atoms with Gasteiger partial charge in [-0.1, -0.05) is 0 Å². The molecule has 1 fully saturated rings. The Labute approximate surface area is 167 Å². The number of nitrogens with zero attached hydrogens (tertiary/aromatic N) is 4. The van der Waals surface area contributed by atoms with Gasteiger partial charge in [0.25, 0.3) is 0 Å². The molecule has 9 heteroatoms. The zero-order valence-electron chi connectivity index (χ0n) is 15.8. The molecule has 1 aromatic heterocycles. The number of nitrogens with one attached hydrogen (secondary N) is 2. The summed E-state index contributed by atoms with van der Waals surface area (Å²) in [6.45, 7) is 8.70. The van der Waals surface area contributed by atoms with Gasteiger partial charge in [0.15, 0.2) is 11.8 Å². The standard InChI is InChI=1S/C16H30N6O2.HI/c1-12-20-21-14(22(12)4)10-18-15(19-11-16(2,3)23-5)17-9-13-7-6-8-24-13;/h13H,6-11H2,1-5H3,(H2,17,18,19);1H. The molecule has 1 saturated heterocycles. The van der Waals surface area contributed by atoms with Crippen molar-refractivity contribution in [3.8, 4) is 0 Å². The van der Waals surface area contributed by atoms with Gasteiger partial charge in [-0.3, -0.25) is 0 Å². The first-order valence-corrected chi connectivity index (χ1v) is 8.45. The highest BCUT2D eigenvalue weighted by Crippen LogP contribution is 2.10. The smallest absolute Gasteiger partial charge is 0.191 e. The molecule has 0 saturated carbocycles. The Bertz CT molecular complexity index is 555. The predicted molar refractivity (Wildman–Crippen MR) is 108 cm³/mol. The van der Waals surface area contributed by atoms with Crippen LogP contribution >= 0.6 is 24.0 Å². The van der Waals surface area contributed by atoms with Gasteiger partial charge in [-0.05, 0) is 33.6 Å². The van der Waals surface area contributed by atoms with Crippen molar-refractivity contribution in [2.24, 2.45) is 12.0 Å². The van der Waals surface area contributed by atoms with Crippen LogP contribution in [0.2, 0.25) is 0 Å². The minimum absolute atomic E-state index is 0. The molecule has 0 aliphatic carbocycles. The van der Waals surface area contributed by atoms with E-state index in [0.717, 1.165) is 43.6 Å². The van der Waals surface area contributed by atoms with Crippen LogP contribution in [-0.2, 0) is 23.1 Å². The third-order valence-corrected chi connectivity index (χ3v) is 4.32. The summed E-state index contributed by atoms with van der Waals surface area (Å²) in [4.78, 5) is 4.63. The zero-order chi connectivity index (χ0) is 17.6. The highest BCUT2D eigenvalue weighted by molar-refractivity contribution is 14.0. The number of aliphatic imine (C=N–C) groups is 1. The lowest BCUT2D eigenvalue weighted by atomic mass is 10.1. The number of guanidine groups is 1. The first-order valence-electron chi connectivity index (χ1n) is 8.45. The number of aryl methyl sites for hydroxylation is 1. The van der Waals surface area contributed by atoms with Crippen molar-refractivity contribution in [3.05, 3.63) is 11.6 Å². The Hall–Kier alpha value is -0.940. The van der Waals surface area contributed by atoms with Crippen LogP contribution in [-0.4, -0.2) is 59.2 Å². The van der Waals surface area contributed by atoms with Crippen LogP contribution in [0.1, 0.15) is 38.3 Å². The fraction of sp³-hybridized carbons (Fsp3) is 0.812. The van der Waals surface area contributed by atoms with Gasteiger partial charge in [0.05, 0.1) is 11.7 Å². The third-order valence-electron chi connectivity index (χ3n) is 4.32. The molecule has 0 amide bonds. The molecule has 0 aromatic carbocycles. The summed E-state index contributed by atoms with van der Waals surface area (Å²) in [5, 5.41) is 14.9. The summed E-state index contributed by atoms with van der Waals surface area (Å²) in [7, 11) is 3.65. The lowest BCUT2D eigenvalue weighted by Crippen LogP contribution is -2.47. The quantitative estimate of drug-likeness (QED) is 0.359. The molecule has 0 bridgehead atoms. The molecule has 1 aliphatic rings. The second-order valence-corrected chi connectivity index (χ2v) is 6.72. The summed E-state index contributed by atoms with van der Waals surface area (Å²) in [6.07, 6.45) is 2.47. The van der Waals surface area contributed by atoms with Crippen molar-refractivity contribution in [3.63, 3.8) is 0 Å². The molecule has 2 N–H and O–H groups in total. The molecule has 1 aromatic rings. The number of aromatic nitrogens is 3. The summed E-state index contributed by atoms with van der Waals surface area (Å²) >= 11 is 0. The fourth-order valence-corrected chi connectivity index (χ4v) is 2.30. The number of ether oxygens (including phenoxy) is 2. The van der Waals surface area contributed by atoms with Crippen molar-refractivity contribution >= 4 is 29.9 Å². The van der Waals surface area contributed by atoms with E-state index in [0.29, 0.717) is 13.1 Å². The summed E-state index contributed by atoms with van der Waals surface area (Å²) in [6, 6.07) is 0. The monoisotopic (exact) mass is 466 g/mol. The number of hydrogen-bond donors (Lipinski definition) is 2. The average molecular weight is 466 g/mol. The van der Waals surface area contributed by atoms with E-state index in [-0.39, 0.29) is 35.7 Å². The average Bonchev–Trinajstić information content (AvgIpc) is 3.19. The molecule has 0 spiro atoms. The highest BCUT2D eigenvalue weighted by atomic mass is 127. The number of halogens is 1. The maximum absolute atomic E-state index is 5.66. The van der Waals surface area contributed by atoms with Crippen molar-refractivity contribution < 1.29 is 9.47 Å². The van der Waals surface area contributed by atoms with Crippen LogP contribution < -0.4 is 10.6 Å². The SMILES string of the molecule is COC(C)(C)CNC(=NCc1nnc(C)n1C)NCC1CCCO1.I. The van der Waals surface area contributed by atoms with Crippen molar-refractivity contribution in [1.29, 1.82) is 0 Å². The van der Waals surface area contributed by atoms with E-state index in [2.05, 4.69) is 25.8 Å². The van der Waals surface area contributed by atoms with Gasteiger partial charge in [0.1, 0.15) is 12.4 Å². The van der Waals surface area contributed by atoms with Crippen LogP contribution in [0.3, 0.4) is 0 Å². The number of methoxy groups -OCH3 is 1. The molecular formula is C16H31IN6O2. The maximum Gasteiger partial charge on any atom is 0.191 e. The van der Waals surface area contributed by atoms with Crippen LogP contribution in [0.4, 0.5) is 0 Å². The predicted octanol–water partition coefficient (Wildman–Crippen LogP) is 1.38. The Morgan fingerprint density at radius 1 is 1.40 bits per heavy atom. The van der Waals surface area contributed by atoms with E-state index in [1.807, 2.05) is 32.4 Å². The van der Waals surface area contributed by atoms with Gasteiger partial charge in [-0.2, -0.15) is 0 Å². The maximum atomic E-state index is 5.66. The van der Waals surface area contributed by atoms with Crippen LogP contribution in [0.25, 0.3) is 0 Å². The molecule has 8 nitrogen and oxygen atoms in total. The van der Waals surface area contributed by atoms with E-state index >= 15 is 0 Å². The normalized spacial score (nSPS) is 18.1. The second-order valence-electron chi connectivity index (χ2n) is 6.72. The molecule has 25 heavy (non-hydrogen) atoms. The van der Waals surface area contributed by atoms with E-state index in [9.17, 15) is 0 Å². The first kappa shape index (κ1) is 22.1. The number of rotatable bonds is 7. The van der Waals surface area contributed by atoms with E-state index in [1.54, 1.807) is 7.11 Å². The Balaban J connectivity index is 0.00000312. The third kappa shape index (κ3) is 7.06.